The number of phenolic OH excluding ortho intramolecular Hbond substituents is 1. The average molecular weight is 278 g/mol. The topological polar surface area (TPSA) is 66.4 Å². The number of nitrogens with one attached hydrogen (secondary N) is 1. The van der Waals surface area contributed by atoms with Gasteiger partial charge in [-0.15, -0.1) is 0 Å². The Bertz CT molecular complexity index is 506. The second kappa shape index (κ2) is 4.74. The molecule has 17 heavy (non-hydrogen) atoms. The lowest BCUT2D eigenvalue weighted by molar-refractivity contribution is 0.462. The first kappa shape index (κ1) is 14.1. The number of aromatic hydroxyl groups is 1. The van der Waals surface area contributed by atoms with Crippen LogP contribution in [0.4, 0.5) is 5.69 Å². The number of hydrogen-bond acceptors (Lipinski definition) is 3. The van der Waals surface area contributed by atoms with Crippen molar-refractivity contribution in [1.82, 2.24) is 0 Å². The molecule has 0 unspecified atom stereocenters. The van der Waals surface area contributed by atoms with Crippen LogP contribution < -0.4 is 4.72 Å². The van der Waals surface area contributed by atoms with Gasteiger partial charge in [0, 0.05) is 5.02 Å². The molecule has 0 spiro atoms. The highest BCUT2D eigenvalue weighted by molar-refractivity contribution is 7.92. The summed E-state index contributed by atoms with van der Waals surface area (Å²) in [4.78, 5) is 0. The van der Waals surface area contributed by atoms with Crippen LogP contribution in [0.3, 0.4) is 0 Å². The zero-order chi connectivity index (χ0) is 13.3. The lowest BCUT2D eigenvalue weighted by Crippen LogP contribution is -2.26. The van der Waals surface area contributed by atoms with Crippen LogP contribution in [0.2, 0.25) is 5.02 Å². The number of phenols is 1. The minimum absolute atomic E-state index is 0.0358. The molecule has 1 rings (SSSR count). The van der Waals surface area contributed by atoms with E-state index in [4.69, 9.17) is 11.6 Å². The molecule has 0 aliphatic heterocycles. The molecule has 1 aromatic carbocycles. The minimum atomic E-state index is -3.50. The molecule has 6 heteroatoms. The summed E-state index contributed by atoms with van der Waals surface area (Å²) >= 11 is 5.73. The van der Waals surface area contributed by atoms with Gasteiger partial charge >= 0.3 is 0 Å². The van der Waals surface area contributed by atoms with E-state index in [1.807, 2.05) is 20.8 Å². The first-order valence-electron chi connectivity index (χ1n) is 5.08. The van der Waals surface area contributed by atoms with Crippen LogP contribution in [0.1, 0.15) is 20.8 Å². The Morgan fingerprint density at radius 3 is 2.47 bits per heavy atom. The molecule has 0 aromatic heterocycles. The second-order valence-corrected chi connectivity index (χ2v) is 7.24. The fourth-order valence-electron chi connectivity index (χ4n) is 1.36. The van der Waals surface area contributed by atoms with Gasteiger partial charge in [0.2, 0.25) is 10.0 Å². The Hall–Kier alpha value is -0.940. The maximum Gasteiger partial charge on any atom is 0.233 e. The Morgan fingerprint density at radius 1 is 1.35 bits per heavy atom. The molecule has 0 aliphatic rings. The van der Waals surface area contributed by atoms with E-state index in [9.17, 15) is 13.5 Å². The molecule has 0 saturated heterocycles. The molecule has 2 N–H and O–H groups in total. The van der Waals surface area contributed by atoms with Crippen LogP contribution in [0.25, 0.3) is 0 Å². The molecular formula is C11H16ClNO3S. The Balaban J connectivity index is 2.94. The second-order valence-electron chi connectivity index (χ2n) is 5.08. The first-order valence-corrected chi connectivity index (χ1v) is 7.11. The van der Waals surface area contributed by atoms with Crippen molar-refractivity contribution < 1.29 is 13.5 Å². The highest BCUT2D eigenvalue weighted by Gasteiger charge is 2.22. The minimum Gasteiger partial charge on any atom is -0.506 e. The van der Waals surface area contributed by atoms with Gasteiger partial charge < -0.3 is 5.11 Å². The number of halogens is 1. The lowest BCUT2D eigenvalue weighted by Gasteiger charge is -2.19. The average Bonchev–Trinajstić information content (AvgIpc) is 2.06. The standard InChI is InChI=1S/C11H16ClNO3S/c1-11(2,3)7-17(15,16)13-9-6-8(12)4-5-10(9)14/h4-6,13-14H,7H2,1-3H3. The van der Waals surface area contributed by atoms with Crippen LogP contribution in [0.15, 0.2) is 18.2 Å². The Kier molecular flexibility index (Phi) is 3.94. The maximum atomic E-state index is 11.8. The molecule has 0 radical (unpaired) electrons. The Morgan fingerprint density at radius 2 is 1.94 bits per heavy atom. The quantitative estimate of drug-likeness (QED) is 0.835. The summed E-state index contributed by atoms with van der Waals surface area (Å²) in [6, 6.07) is 4.20. The van der Waals surface area contributed by atoms with Gasteiger partial charge in [-0.3, -0.25) is 4.72 Å². The highest BCUT2D eigenvalue weighted by Crippen LogP contribution is 2.28. The molecule has 96 valence electrons. The van der Waals surface area contributed by atoms with Gasteiger partial charge in [0.1, 0.15) is 5.75 Å². The molecule has 0 saturated carbocycles. The molecule has 0 bridgehead atoms. The predicted octanol–water partition coefficient (Wildman–Crippen LogP) is 2.83. The number of rotatable bonds is 3. The van der Waals surface area contributed by atoms with Crippen LogP contribution >= 0.6 is 11.6 Å². The van der Waals surface area contributed by atoms with Gasteiger partial charge in [0.05, 0.1) is 11.4 Å². The molecular weight excluding hydrogens is 262 g/mol. The number of benzene rings is 1. The van der Waals surface area contributed by atoms with Crippen LogP contribution in [0, 0.1) is 5.41 Å². The van der Waals surface area contributed by atoms with Crippen molar-refractivity contribution in [2.24, 2.45) is 5.41 Å². The van der Waals surface area contributed by atoms with Crippen LogP contribution in [-0.2, 0) is 10.0 Å². The van der Waals surface area contributed by atoms with E-state index in [1.165, 1.54) is 18.2 Å². The smallest absolute Gasteiger partial charge is 0.233 e. The summed E-state index contributed by atoms with van der Waals surface area (Å²) in [5.74, 6) is -0.182. The summed E-state index contributed by atoms with van der Waals surface area (Å²) in [6.45, 7) is 5.47. The molecule has 0 amide bonds. The van der Waals surface area contributed by atoms with Gasteiger partial charge in [0.25, 0.3) is 0 Å². The van der Waals surface area contributed by atoms with E-state index in [2.05, 4.69) is 4.72 Å². The summed E-state index contributed by atoms with van der Waals surface area (Å²) in [5, 5.41) is 9.87. The summed E-state index contributed by atoms with van der Waals surface area (Å²) in [5.41, 5.74) is -0.262. The van der Waals surface area contributed by atoms with Crippen molar-refractivity contribution >= 4 is 27.3 Å². The molecule has 4 nitrogen and oxygen atoms in total. The van der Waals surface area contributed by atoms with E-state index < -0.39 is 10.0 Å². The third-order valence-electron chi connectivity index (χ3n) is 1.85. The molecule has 0 aliphatic carbocycles. The van der Waals surface area contributed by atoms with Crippen LogP contribution in [-0.4, -0.2) is 19.3 Å². The van der Waals surface area contributed by atoms with Crippen molar-refractivity contribution in [2.45, 2.75) is 20.8 Å². The SMILES string of the molecule is CC(C)(C)CS(=O)(=O)Nc1cc(Cl)ccc1O. The predicted molar refractivity (Wildman–Crippen MR) is 70.0 cm³/mol. The van der Waals surface area contributed by atoms with E-state index in [1.54, 1.807) is 0 Å². The normalized spacial score (nSPS) is 12.5. The Labute approximate surface area is 107 Å². The van der Waals surface area contributed by atoms with E-state index in [0.717, 1.165) is 0 Å². The third kappa shape index (κ3) is 4.83. The highest BCUT2D eigenvalue weighted by atomic mass is 35.5. The number of sulfonamides is 1. The van der Waals surface area contributed by atoms with E-state index in [-0.39, 0.29) is 22.6 Å². The molecule has 1 aromatic rings. The van der Waals surface area contributed by atoms with E-state index >= 15 is 0 Å². The molecule has 0 heterocycles. The zero-order valence-electron chi connectivity index (χ0n) is 9.99. The number of anilines is 1. The van der Waals surface area contributed by atoms with Crippen molar-refractivity contribution in [2.75, 3.05) is 10.5 Å². The largest absolute Gasteiger partial charge is 0.506 e. The fraction of sp³-hybridized carbons (Fsp3) is 0.455. The fourth-order valence-corrected chi connectivity index (χ4v) is 3.25. The van der Waals surface area contributed by atoms with Gasteiger partial charge in [-0.05, 0) is 23.6 Å². The van der Waals surface area contributed by atoms with Gasteiger partial charge in [-0.25, -0.2) is 8.42 Å². The molecule has 0 atom stereocenters. The third-order valence-corrected chi connectivity index (χ3v) is 3.86. The monoisotopic (exact) mass is 277 g/mol. The van der Waals surface area contributed by atoms with Gasteiger partial charge in [0.15, 0.2) is 0 Å². The lowest BCUT2D eigenvalue weighted by atomic mass is 10.0. The van der Waals surface area contributed by atoms with Crippen molar-refractivity contribution in [1.29, 1.82) is 0 Å². The number of hydrogen-bond donors (Lipinski definition) is 2. The van der Waals surface area contributed by atoms with Crippen LogP contribution in [0.5, 0.6) is 5.75 Å². The first-order chi connectivity index (χ1) is 7.59. The summed E-state index contributed by atoms with van der Waals surface area (Å²) in [6.07, 6.45) is 0. The maximum absolute atomic E-state index is 11.8. The molecule has 0 fully saturated rings. The summed E-state index contributed by atoms with van der Waals surface area (Å²) < 4.78 is 25.9. The van der Waals surface area contributed by atoms with Crippen molar-refractivity contribution in [3.05, 3.63) is 23.2 Å². The van der Waals surface area contributed by atoms with Gasteiger partial charge in [-0.2, -0.15) is 0 Å². The zero-order valence-corrected chi connectivity index (χ0v) is 11.6. The van der Waals surface area contributed by atoms with Crippen molar-refractivity contribution in [3.8, 4) is 5.75 Å². The summed E-state index contributed by atoms with van der Waals surface area (Å²) in [7, 11) is -3.50. The van der Waals surface area contributed by atoms with Gasteiger partial charge in [-0.1, -0.05) is 32.4 Å². The van der Waals surface area contributed by atoms with Crippen molar-refractivity contribution in [3.63, 3.8) is 0 Å². The van der Waals surface area contributed by atoms with E-state index in [0.29, 0.717) is 5.02 Å².